The minimum absolute atomic E-state index is 0.139. The molecule has 0 amide bonds. The first kappa shape index (κ1) is 15.8. The van der Waals surface area contributed by atoms with Crippen molar-refractivity contribution in [1.29, 1.82) is 0 Å². The molecule has 0 aromatic heterocycles. The van der Waals surface area contributed by atoms with E-state index in [0.717, 1.165) is 32.1 Å². The summed E-state index contributed by atoms with van der Waals surface area (Å²) in [6.07, 6.45) is 12.1. The van der Waals surface area contributed by atoms with Gasteiger partial charge in [0.25, 0.3) is 0 Å². The Bertz CT molecular complexity index is 534. The molecule has 122 valence electrons. The van der Waals surface area contributed by atoms with E-state index in [1.807, 2.05) is 6.92 Å². The number of carboxylic acid groups (broad SMARTS) is 1. The molecule has 0 bridgehead atoms. The van der Waals surface area contributed by atoms with E-state index in [1.54, 1.807) is 5.57 Å². The van der Waals surface area contributed by atoms with Crippen LogP contribution < -0.4 is 0 Å². The smallest absolute Gasteiger partial charge is 0.309 e. The monoisotopic (exact) mass is 302 g/mol. The van der Waals surface area contributed by atoms with Crippen molar-refractivity contribution in [2.75, 3.05) is 0 Å². The largest absolute Gasteiger partial charge is 0.481 e. The summed E-state index contributed by atoms with van der Waals surface area (Å²) in [6, 6.07) is 0. The summed E-state index contributed by atoms with van der Waals surface area (Å²) in [6.45, 7) is 10.7. The predicted octanol–water partition coefficient (Wildman–Crippen LogP) is 5.21. The Morgan fingerprint density at radius 1 is 1.27 bits per heavy atom. The standard InChI is InChI=1S/C20H30O2/c1-5-18(2)12-9-15-14(13-18)7-8-16-19(15,3)10-6-11-20(16,4)17(21)22/h5,13,15-16H,1,6-12H2,2-4H3,(H,21,22)/t15-,16+,18+,19+,20-/m1/s1. The number of aliphatic carboxylic acids is 1. The summed E-state index contributed by atoms with van der Waals surface area (Å²) in [5.74, 6) is 0.322. The van der Waals surface area contributed by atoms with Gasteiger partial charge in [-0.25, -0.2) is 0 Å². The Labute approximate surface area is 134 Å². The highest BCUT2D eigenvalue weighted by Gasteiger charge is 2.58. The van der Waals surface area contributed by atoms with Gasteiger partial charge in [0.05, 0.1) is 5.41 Å². The maximum Gasteiger partial charge on any atom is 0.309 e. The molecule has 3 rings (SSSR count). The van der Waals surface area contributed by atoms with E-state index in [0.29, 0.717) is 11.8 Å². The molecular formula is C20H30O2. The number of rotatable bonds is 2. The number of hydrogen-bond donors (Lipinski definition) is 1. The quantitative estimate of drug-likeness (QED) is 0.711. The summed E-state index contributed by atoms with van der Waals surface area (Å²) in [7, 11) is 0. The third-order valence-electron chi connectivity index (χ3n) is 7.38. The molecule has 0 heterocycles. The lowest BCUT2D eigenvalue weighted by Gasteiger charge is -2.59. The first-order valence-corrected chi connectivity index (χ1v) is 8.84. The van der Waals surface area contributed by atoms with Crippen LogP contribution in [0.5, 0.6) is 0 Å². The van der Waals surface area contributed by atoms with Gasteiger partial charge in [-0.15, -0.1) is 6.58 Å². The van der Waals surface area contributed by atoms with Crippen LogP contribution in [-0.4, -0.2) is 11.1 Å². The normalized spacial score (nSPS) is 47.9. The maximum absolute atomic E-state index is 12.0. The highest BCUT2D eigenvalue weighted by atomic mass is 16.4. The molecule has 3 aliphatic carbocycles. The first-order valence-electron chi connectivity index (χ1n) is 8.84. The average molecular weight is 302 g/mol. The highest BCUT2D eigenvalue weighted by molar-refractivity contribution is 5.75. The molecule has 0 aromatic carbocycles. The van der Waals surface area contributed by atoms with Crippen LogP contribution in [0.1, 0.15) is 65.7 Å². The van der Waals surface area contributed by atoms with Gasteiger partial charge in [-0.2, -0.15) is 0 Å². The molecule has 2 saturated carbocycles. The van der Waals surface area contributed by atoms with Gasteiger partial charge in [0.1, 0.15) is 0 Å². The zero-order valence-electron chi connectivity index (χ0n) is 14.3. The van der Waals surface area contributed by atoms with Gasteiger partial charge >= 0.3 is 5.97 Å². The lowest BCUT2D eigenvalue weighted by molar-refractivity contribution is -0.164. The van der Waals surface area contributed by atoms with Crippen molar-refractivity contribution >= 4 is 5.97 Å². The predicted molar refractivity (Wildman–Crippen MR) is 89.5 cm³/mol. The van der Waals surface area contributed by atoms with E-state index >= 15 is 0 Å². The van der Waals surface area contributed by atoms with Gasteiger partial charge in [0.15, 0.2) is 0 Å². The molecule has 0 unspecified atom stereocenters. The second-order valence-corrected chi connectivity index (χ2v) is 8.69. The van der Waals surface area contributed by atoms with E-state index in [4.69, 9.17) is 0 Å². The Kier molecular flexibility index (Phi) is 3.58. The Balaban J connectivity index is 1.99. The van der Waals surface area contributed by atoms with Gasteiger partial charge in [-0.3, -0.25) is 4.79 Å². The topological polar surface area (TPSA) is 37.3 Å². The van der Waals surface area contributed by atoms with E-state index in [9.17, 15) is 9.90 Å². The molecule has 0 aliphatic heterocycles. The fraction of sp³-hybridized carbons (Fsp3) is 0.750. The number of hydrogen-bond acceptors (Lipinski definition) is 1. The van der Waals surface area contributed by atoms with Crippen molar-refractivity contribution in [3.8, 4) is 0 Å². The fourth-order valence-corrected chi connectivity index (χ4v) is 5.94. The summed E-state index contributed by atoms with van der Waals surface area (Å²) < 4.78 is 0. The Morgan fingerprint density at radius 3 is 2.64 bits per heavy atom. The number of fused-ring (bicyclic) bond motifs is 3. The van der Waals surface area contributed by atoms with Gasteiger partial charge in [0, 0.05) is 5.41 Å². The van der Waals surface area contributed by atoms with E-state index in [-0.39, 0.29) is 10.8 Å². The molecule has 2 heteroatoms. The molecule has 0 aromatic rings. The SMILES string of the molecule is C=C[C@]1(C)C=C2CC[C@H]3[C@@](C)(CCC[C@@]3(C)C(=O)O)[C@@H]2CC1. The van der Waals surface area contributed by atoms with Crippen LogP contribution in [0.25, 0.3) is 0 Å². The molecule has 1 N–H and O–H groups in total. The van der Waals surface area contributed by atoms with Crippen LogP contribution >= 0.6 is 0 Å². The molecule has 2 fully saturated rings. The summed E-state index contributed by atoms with van der Waals surface area (Å²) in [5.41, 5.74) is 1.36. The molecule has 22 heavy (non-hydrogen) atoms. The van der Waals surface area contributed by atoms with Gasteiger partial charge < -0.3 is 5.11 Å². The fourth-order valence-electron chi connectivity index (χ4n) is 5.94. The van der Waals surface area contributed by atoms with Crippen LogP contribution in [0.3, 0.4) is 0 Å². The van der Waals surface area contributed by atoms with E-state index < -0.39 is 11.4 Å². The number of allylic oxidation sites excluding steroid dienone is 3. The summed E-state index contributed by atoms with van der Waals surface area (Å²) >= 11 is 0. The van der Waals surface area contributed by atoms with Crippen molar-refractivity contribution in [3.05, 3.63) is 24.3 Å². The second-order valence-electron chi connectivity index (χ2n) is 8.69. The lowest BCUT2D eigenvalue weighted by Crippen LogP contribution is -2.54. The summed E-state index contributed by atoms with van der Waals surface area (Å²) in [4.78, 5) is 12.0. The molecule has 0 spiro atoms. The Hall–Kier alpha value is -1.05. The zero-order valence-corrected chi connectivity index (χ0v) is 14.3. The van der Waals surface area contributed by atoms with Crippen LogP contribution in [0, 0.1) is 28.1 Å². The number of carbonyl (C=O) groups is 1. The van der Waals surface area contributed by atoms with E-state index in [2.05, 4.69) is 32.6 Å². The third kappa shape index (κ3) is 2.10. The van der Waals surface area contributed by atoms with Crippen molar-refractivity contribution in [1.82, 2.24) is 0 Å². The zero-order chi connectivity index (χ0) is 16.2. The average Bonchev–Trinajstić information content (AvgIpc) is 2.46. The van der Waals surface area contributed by atoms with Crippen LogP contribution in [-0.2, 0) is 4.79 Å². The van der Waals surface area contributed by atoms with Crippen LogP contribution in [0.2, 0.25) is 0 Å². The van der Waals surface area contributed by atoms with Crippen molar-refractivity contribution in [3.63, 3.8) is 0 Å². The van der Waals surface area contributed by atoms with Crippen LogP contribution in [0.15, 0.2) is 24.3 Å². The molecular weight excluding hydrogens is 272 g/mol. The highest BCUT2D eigenvalue weighted by Crippen LogP contribution is 2.63. The minimum Gasteiger partial charge on any atom is -0.481 e. The van der Waals surface area contributed by atoms with Crippen molar-refractivity contribution < 1.29 is 9.90 Å². The second kappa shape index (κ2) is 4.97. The third-order valence-corrected chi connectivity index (χ3v) is 7.38. The summed E-state index contributed by atoms with van der Waals surface area (Å²) in [5, 5.41) is 9.84. The van der Waals surface area contributed by atoms with Gasteiger partial charge in [0.2, 0.25) is 0 Å². The van der Waals surface area contributed by atoms with Gasteiger partial charge in [-0.05, 0) is 62.7 Å². The molecule has 2 nitrogen and oxygen atoms in total. The lowest BCUT2D eigenvalue weighted by atomic mass is 9.45. The first-order chi connectivity index (χ1) is 10.3. The van der Waals surface area contributed by atoms with Gasteiger partial charge in [-0.1, -0.05) is 38.0 Å². The maximum atomic E-state index is 12.0. The van der Waals surface area contributed by atoms with Crippen LogP contribution in [0.4, 0.5) is 0 Å². The van der Waals surface area contributed by atoms with Crippen molar-refractivity contribution in [2.45, 2.75) is 65.7 Å². The van der Waals surface area contributed by atoms with Crippen molar-refractivity contribution in [2.24, 2.45) is 28.1 Å². The number of carboxylic acids is 1. The molecule has 0 radical (unpaired) electrons. The molecule has 0 saturated heterocycles. The van der Waals surface area contributed by atoms with E-state index in [1.165, 1.54) is 12.8 Å². The Morgan fingerprint density at radius 2 is 2.00 bits per heavy atom. The molecule has 3 aliphatic rings. The molecule has 5 atom stereocenters. The minimum atomic E-state index is -0.581.